The molecule has 6 nitrogen and oxygen atoms in total. The molecule has 0 unspecified atom stereocenters. The highest BCUT2D eigenvalue weighted by Crippen LogP contribution is 2.07. The quantitative estimate of drug-likeness (QED) is 0.656. The van der Waals surface area contributed by atoms with Crippen LogP contribution in [0.15, 0.2) is 17.6 Å². The SMILES string of the molecule is Cc1cnc2nnc(S(C)(=O)=O)n2c1. The molecule has 0 radical (unpaired) electrons. The number of aromatic nitrogens is 4. The molecule has 2 aromatic heterocycles. The zero-order valence-corrected chi connectivity index (χ0v) is 8.48. The van der Waals surface area contributed by atoms with Crippen LogP contribution < -0.4 is 0 Å². The summed E-state index contributed by atoms with van der Waals surface area (Å²) < 4.78 is 23.9. The summed E-state index contributed by atoms with van der Waals surface area (Å²) in [4.78, 5) is 3.94. The number of sulfone groups is 1. The molecule has 0 N–H and O–H groups in total. The van der Waals surface area contributed by atoms with E-state index in [2.05, 4.69) is 15.2 Å². The molecule has 0 saturated carbocycles. The van der Waals surface area contributed by atoms with Crippen molar-refractivity contribution in [3.8, 4) is 0 Å². The van der Waals surface area contributed by atoms with Crippen molar-refractivity contribution in [2.24, 2.45) is 0 Å². The van der Waals surface area contributed by atoms with E-state index in [1.165, 1.54) is 4.40 Å². The lowest BCUT2D eigenvalue weighted by atomic mass is 10.4. The molecule has 0 aliphatic carbocycles. The summed E-state index contributed by atoms with van der Waals surface area (Å²) in [5, 5.41) is 7.14. The third kappa shape index (κ3) is 1.35. The molecule has 0 spiro atoms. The lowest BCUT2D eigenvalue weighted by Gasteiger charge is -1.96. The van der Waals surface area contributed by atoms with Crippen LogP contribution in [-0.2, 0) is 9.84 Å². The number of aryl methyl sites for hydroxylation is 1. The van der Waals surface area contributed by atoms with Crippen LogP contribution in [0, 0.1) is 6.92 Å². The molecule has 0 aliphatic heterocycles. The second kappa shape index (κ2) is 2.74. The topological polar surface area (TPSA) is 77.2 Å². The van der Waals surface area contributed by atoms with Crippen LogP contribution in [0.1, 0.15) is 5.56 Å². The van der Waals surface area contributed by atoms with Gasteiger partial charge in [0.2, 0.25) is 9.84 Å². The number of fused-ring (bicyclic) bond motifs is 1. The number of rotatable bonds is 1. The Balaban J connectivity index is 2.87. The predicted octanol–water partition coefficient (Wildman–Crippen LogP) is -0.164. The first-order valence-corrected chi connectivity index (χ1v) is 5.75. The second-order valence-electron chi connectivity index (χ2n) is 3.06. The third-order valence-corrected chi connectivity index (χ3v) is 2.64. The lowest BCUT2D eigenvalue weighted by Crippen LogP contribution is -2.04. The fraction of sp³-hybridized carbons (Fsp3) is 0.286. The summed E-state index contributed by atoms with van der Waals surface area (Å²) >= 11 is 0. The van der Waals surface area contributed by atoms with Gasteiger partial charge in [-0.1, -0.05) is 0 Å². The van der Waals surface area contributed by atoms with Gasteiger partial charge in [-0.25, -0.2) is 13.4 Å². The van der Waals surface area contributed by atoms with Gasteiger partial charge in [-0.15, -0.1) is 10.2 Å². The average molecular weight is 212 g/mol. The Kier molecular flexibility index (Phi) is 1.78. The highest BCUT2D eigenvalue weighted by atomic mass is 32.2. The summed E-state index contributed by atoms with van der Waals surface area (Å²) in [5.41, 5.74) is 0.849. The van der Waals surface area contributed by atoms with Gasteiger partial charge in [-0.3, -0.25) is 4.40 Å². The van der Waals surface area contributed by atoms with Crippen molar-refractivity contribution in [1.82, 2.24) is 19.6 Å². The molecular formula is C7H8N4O2S. The smallest absolute Gasteiger partial charge is 0.255 e. The monoisotopic (exact) mass is 212 g/mol. The van der Waals surface area contributed by atoms with Gasteiger partial charge in [-0.2, -0.15) is 0 Å². The standard InChI is InChI=1S/C7H8N4O2S/c1-5-3-8-6-9-10-7(11(6)4-5)14(2,12)13/h3-4H,1-2H3. The van der Waals surface area contributed by atoms with Gasteiger partial charge in [-0.05, 0) is 12.5 Å². The van der Waals surface area contributed by atoms with Crippen molar-refractivity contribution < 1.29 is 8.42 Å². The Bertz CT molecular complexity index is 587. The third-order valence-electron chi connectivity index (χ3n) is 1.69. The zero-order valence-electron chi connectivity index (χ0n) is 7.67. The highest BCUT2D eigenvalue weighted by molar-refractivity contribution is 7.90. The number of hydrogen-bond acceptors (Lipinski definition) is 5. The summed E-state index contributed by atoms with van der Waals surface area (Å²) in [5.74, 6) is 0.288. The zero-order chi connectivity index (χ0) is 10.3. The maximum atomic E-state index is 11.3. The van der Waals surface area contributed by atoms with Gasteiger partial charge < -0.3 is 0 Å². The summed E-state index contributed by atoms with van der Waals surface area (Å²) in [6.07, 6.45) is 4.33. The second-order valence-corrected chi connectivity index (χ2v) is 4.97. The fourth-order valence-corrected chi connectivity index (χ4v) is 1.80. The van der Waals surface area contributed by atoms with Crippen LogP contribution in [0.5, 0.6) is 0 Å². The molecule has 2 heterocycles. The molecule has 0 aliphatic rings. The van der Waals surface area contributed by atoms with Crippen LogP contribution in [0.4, 0.5) is 0 Å². The van der Waals surface area contributed by atoms with Crippen molar-refractivity contribution in [1.29, 1.82) is 0 Å². The molecule has 0 bridgehead atoms. The molecule has 14 heavy (non-hydrogen) atoms. The molecule has 74 valence electrons. The van der Waals surface area contributed by atoms with Crippen LogP contribution in [-0.4, -0.2) is 34.3 Å². The maximum absolute atomic E-state index is 11.3. The van der Waals surface area contributed by atoms with E-state index in [-0.39, 0.29) is 10.9 Å². The van der Waals surface area contributed by atoms with Gasteiger partial charge in [0.15, 0.2) is 0 Å². The predicted molar refractivity (Wildman–Crippen MR) is 48.6 cm³/mol. The van der Waals surface area contributed by atoms with Gasteiger partial charge in [0.1, 0.15) is 0 Å². The maximum Gasteiger partial charge on any atom is 0.255 e. The minimum atomic E-state index is -3.35. The number of nitrogens with zero attached hydrogens (tertiary/aromatic N) is 4. The van der Waals surface area contributed by atoms with Crippen molar-refractivity contribution in [2.45, 2.75) is 12.1 Å². The molecule has 0 atom stereocenters. The van der Waals surface area contributed by atoms with E-state index in [4.69, 9.17) is 0 Å². The van der Waals surface area contributed by atoms with E-state index >= 15 is 0 Å². The van der Waals surface area contributed by atoms with E-state index in [0.717, 1.165) is 11.8 Å². The minimum absolute atomic E-state index is 0.0799. The van der Waals surface area contributed by atoms with E-state index in [0.29, 0.717) is 0 Å². The molecule has 2 rings (SSSR count). The van der Waals surface area contributed by atoms with E-state index in [1.807, 2.05) is 6.92 Å². The molecule has 0 fully saturated rings. The van der Waals surface area contributed by atoms with Gasteiger partial charge in [0.25, 0.3) is 10.9 Å². The molecule has 0 aromatic carbocycles. The Hall–Kier alpha value is -1.50. The van der Waals surface area contributed by atoms with Gasteiger partial charge in [0.05, 0.1) is 0 Å². The van der Waals surface area contributed by atoms with Crippen LogP contribution >= 0.6 is 0 Å². The molecular weight excluding hydrogens is 204 g/mol. The summed E-state index contributed by atoms with van der Waals surface area (Å²) in [6.45, 7) is 1.82. The molecule has 0 amide bonds. The van der Waals surface area contributed by atoms with Crippen LogP contribution in [0.2, 0.25) is 0 Å². The molecule has 2 aromatic rings. The van der Waals surface area contributed by atoms with Crippen molar-refractivity contribution in [3.63, 3.8) is 0 Å². The minimum Gasteiger partial charge on any atom is -0.257 e. The van der Waals surface area contributed by atoms with E-state index in [9.17, 15) is 8.42 Å². The highest BCUT2D eigenvalue weighted by Gasteiger charge is 2.16. The van der Waals surface area contributed by atoms with Crippen molar-refractivity contribution in [2.75, 3.05) is 6.26 Å². The first-order chi connectivity index (χ1) is 6.48. The number of hydrogen-bond donors (Lipinski definition) is 0. The Morgan fingerprint density at radius 2 is 2.07 bits per heavy atom. The summed E-state index contributed by atoms with van der Waals surface area (Å²) in [7, 11) is -3.35. The molecule has 7 heteroatoms. The van der Waals surface area contributed by atoms with Crippen molar-refractivity contribution in [3.05, 3.63) is 18.0 Å². The Morgan fingerprint density at radius 1 is 1.36 bits per heavy atom. The Morgan fingerprint density at radius 3 is 2.71 bits per heavy atom. The van der Waals surface area contributed by atoms with E-state index in [1.54, 1.807) is 12.4 Å². The Labute approximate surface area is 80.5 Å². The van der Waals surface area contributed by atoms with Crippen molar-refractivity contribution >= 4 is 15.6 Å². The largest absolute Gasteiger partial charge is 0.257 e. The van der Waals surface area contributed by atoms with Gasteiger partial charge >= 0.3 is 0 Å². The first kappa shape index (κ1) is 9.07. The van der Waals surface area contributed by atoms with E-state index < -0.39 is 9.84 Å². The van der Waals surface area contributed by atoms with Gasteiger partial charge in [0, 0.05) is 18.6 Å². The lowest BCUT2D eigenvalue weighted by molar-refractivity contribution is 0.591. The van der Waals surface area contributed by atoms with Crippen LogP contribution in [0.25, 0.3) is 5.78 Å². The first-order valence-electron chi connectivity index (χ1n) is 3.86. The fourth-order valence-electron chi connectivity index (χ4n) is 1.12. The van der Waals surface area contributed by atoms with Crippen LogP contribution in [0.3, 0.4) is 0 Å². The average Bonchev–Trinajstić information content (AvgIpc) is 2.45. The normalized spacial score (nSPS) is 12.1. The molecule has 0 saturated heterocycles. The summed E-state index contributed by atoms with van der Waals surface area (Å²) in [6, 6.07) is 0.